The molecule has 0 aliphatic carbocycles. The fourth-order valence-electron chi connectivity index (χ4n) is 4.87. The number of halogens is 2. The fraction of sp³-hybridized carbons (Fsp3) is 0.211. The summed E-state index contributed by atoms with van der Waals surface area (Å²) < 4.78 is 16.5. The van der Waals surface area contributed by atoms with Gasteiger partial charge in [0.2, 0.25) is 0 Å². The summed E-state index contributed by atoms with van der Waals surface area (Å²) in [5, 5.41) is 0. The van der Waals surface area contributed by atoms with E-state index in [1.165, 1.54) is 22.3 Å². The fourth-order valence-corrected chi connectivity index (χ4v) is 15.4. The van der Waals surface area contributed by atoms with E-state index in [4.69, 9.17) is 5.97 Å². The van der Waals surface area contributed by atoms with Gasteiger partial charge in [0.1, 0.15) is 0 Å². The Morgan fingerprint density at radius 3 is 1.09 bits per heavy atom. The van der Waals surface area contributed by atoms with Crippen LogP contribution in [-0.4, -0.2) is 7.12 Å². The Labute approximate surface area is 274 Å². The Bertz CT molecular complexity index is 1420. The Kier molecular flexibility index (Phi) is 11.2. The van der Waals surface area contributed by atoms with E-state index >= 15 is 0 Å². The van der Waals surface area contributed by atoms with E-state index in [1.807, 2.05) is 0 Å². The molecule has 0 atom stereocenters. The van der Waals surface area contributed by atoms with Crippen molar-refractivity contribution in [3.05, 3.63) is 174 Å². The molecule has 5 aromatic carbocycles. The van der Waals surface area contributed by atoms with E-state index < -0.39 is 47.6 Å². The second kappa shape index (κ2) is 15.0. The molecule has 0 radical (unpaired) electrons. The molecule has 0 aromatic heterocycles. The van der Waals surface area contributed by atoms with Crippen LogP contribution in [0.5, 0.6) is 0 Å². The first-order valence-corrected chi connectivity index (χ1v) is 21.7. The molecule has 0 saturated heterocycles. The predicted octanol–water partition coefficient (Wildman–Crippen LogP) is 10.5. The molecule has 0 bridgehead atoms. The van der Waals surface area contributed by atoms with Crippen molar-refractivity contribution in [3.63, 3.8) is 0 Å². The van der Waals surface area contributed by atoms with Gasteiger partial charge in [-0.25, -0.2) is 0 Å². The summed E-state index contributed by atoms with van der Waals surface area (Å²) in [4.78, 5) is 0. The molecule has 222 valence electrons. The summed E-state index contributed by atoms with van der Waals surface area (Å²) >= 11 is -4.47. The molecule has 2 nitrogen and oxygen atoms in total. The summed E-state index contributed by atoms with van der Waals surface area (Å²) in [6, 6.07) is 54.1. The minimum absolute atomic E-state index is 0.106. The van der Waals surface area contributed by atoms with Crippen LogP contribution in [0.1, 0.15) is 49.9 Å². The average molecular weight is 794 g/mol. The van der Waals surface area contributed by atoms with Crippen molar-refractivity contribution in [1.82, 2.24) is 0 Å². The molecular weight excluding hydrogens is 753 g/mol. The quantitative estimate of drug-likeness (QED) is 0.0672. The van der Waals surface area contributed by atoms with Gasteiger partial charge < -0.3 is 0 Å². The van der Waals surface area contributed by atoms with Crippen molar-refractivity contribution in [2.24, 2.45) is 0 Å². The van der Waals surface area contributed by atoms with E-state index in [0.29, 0.717) is 0 Å². The van der Waals surface area contributed by atoms with Crippen molar-refractivity contribution in [3.8, 4) is 0 Å². The first-order chi connectivity index (χ1) is 20.8. The van der Waals surface area contributed by atoms with Crippen LogP contribution in [-0.2, 0) is 21.7 Å². The van der Waals surface area contributed by atoms with E-state index in [2.05, 4.69) is 179 Å². The first kappa shape index (κ1) is 32.0. The zero-order valence-electron chi connectivity index (χ0n) is 25.5. The zero-order valence-corrected chi connectivity index (χ0v) is 29.8. The van der Waals surface area contributed by atoms with Gasteiger partial charge in [0.25, 0.3) is 0 Å². The van der Waals surface area contributed by atoms with Crippen LogP contribution in [0, 0.1) is 0 Å². The van der Waals surface area contributed by atoms with Crippen LogP contribution in [0.25, 0.3) is 0 Å². The molecule has 5 heteroatoms. The SMILES string of the molecule is CC(C)(c1ccccc1)I(Cc1ccccc1)OB(OI(Cc1ccccc1)C(C)(C)c1ccccc1)c1ccccc1. The monoisotopic (exact) mass is 794 g/mol. The summed E-state index contributed by atoms with van der Waals surface area (Å²) in [6.45, 7) is 9.47. The van der Waals surface area contributed by atoms with E-state index in [0.717, 1.165) is 14.3 Å². The van der Waals surface area contributed by atoms with Crippen LogP contribution in [0.4, 0.5) is 0 Å². The van der Waals surface area contributed by atoms with Gasteiger partial charge in [-0.1, -0.05) is 0 Å². The van der Waals surface area contributed by atoms with Crippen LogP contribution in [0.3, 0.4) is 0 Å². The van der Waals surface area contributed by atoms with Gasteiger partial charge in [0, 0.05) is 0 Å². The van der Waals surface area contributed by atoms with Crippen LogP contribution < -0.4 is 5.46 Å². The molecule has 43 heavy (non-hydrogen) atoms. The summed E-state index contributed by atoms with van der Waals surface area (Å²) in [7, 11) is -0.421. The van der Waals surface area contributed by atoms with Gasteiger partial charge in [-0.15, -0.1) is 0 Å². The van der Waals surface area contributed by atoms with Crippen molar-refractivity contribution >= 4 is 53.0 Å². The minimum atomic E-state index is -2.23. The van der Waals surface area contributed by atoms with Crippen LogP contribution in [0.15, 0.2) is 152 Å². The third kappa shape index (κ3) is 8.38. The van der Waals surface area contributed by atoms with Crippen molar-refractivity contribution in [2.45, 2.75) is 43.4 Å². The maximum absolute atomic E-state index is 7.43. The topological polar surface area (TPSA) is 18.5 Å². The van der Waals surface area contributed by atoms with E-state index in [9.17, 15) is 0 Å². The number of hydrogen-bond acceptors (Lipinski definition) is 2. The van der Waals surface area contributed by atoms with Gasteiger partial charge in [-0.05, 0) is 0 Å². The Morgan fingerprint density at radius 2 is 0.744 bits per heavy atom. The molecule has 0 aliphatic rings. The average Bonchev–Trinajstić information content (AvgIpc) is 3.05. The molecule has 5 aromatic rings. The Hall–Kier alpha value is -2.46. The predicted molar refractivity (Wildman–Crippen MR) is 201 cm³/mol. The number of benzene rings is 5. The van der Waals surface area contributed by atoms with E-state index in [1.54, 1.807) is 0 Å². The molecule has 0 amide bonds. The summed E-state index contributed by atoms with van der Waals surface area (Å²) in [5.74, 6) is 0. The molecule has 0 heterocycles. The molecule has 0 aliphatic heterocycles. The van der Waals surface area contributed by atoms with Gasteiger partial charge in [0.15, 0.2) is 0 Å². The first-order valence-electron chi connectivity index (χ1n) is 14.7. The molecule has 0 N–H and O–H groups in total. The molecular formula is C38H41BI2O2. The standard InChI is InChI=1S/C38H41BI2O2/c1-37(2,34-24-14-7-15-25-34)40(30-32-20-10-5-11-21-32)42-39(36-28-18-9-19-29-36)43-41(31-33-22-12-6-13-23-33)38(3,4)35-26-16-8-17-27-35/h5-29H,30-31H2,1-4H3. The van der Waals surface area contributed by atoms with Crippen LogP contribution >= 0.6 is 40.5 Å². The second-order valence-corrected chi connectivity index (χ2v) is 23.1. The van der Waals surface area contributed by atoms with Gasteiger partial charge in [-0.2, -0.15) is 0 Å². The van der Waals surface area contributed by atoms with Gasteiger partial charge in [-0.3, -0.25) is 0 Å². The zero-order chi connectivity index (χ0) is 30.1. The maximum atomic E-state index is 7.43. The molecule has 5 rings (SSSR count). The van der Waals surface area contributed by atoms with Crippen molar-refractivity contribution in [1.29, 1.82) is 0 Å². The summed E-state index contributed by atoms with van der Waals surface area (Å²) in [6.07, 6.45) is 0. The molecule has 0 unspecified atom stereocenters. The second-order valence-electron chi connectivity index (χ2n) is 11.5. The normalized spacial score (nSPS) is 12.5. The van der Waals surface area contributed by atoms with Gasteiger partial charge in [0.05, 0.1) is 0 Å². The molecule has 0 spiro atoms. The third-order valence-corrected chi connectivity index (χ3v) is 20.2. The van der Waals surface area contributed by atoms with Crippen LogP contribution in [0.2, 0.25) is 0 Å². The molecule has 0 saturated carbocycles. The number of alkyl halides is 4. The Morgan fingerprint density at radius 1 is 0.442 bits per heavy atom. The van der Waals surface area contributed by atoms with E-state index in [-0.39, 0.29) is 6.84 Å². The van der Waals surface area contributed by atoms with Crippen molar-refractivity contribution < 1.29 is 5.97 Å². The molecule has 0 fully saturated rings. The van der Waals surface area contributed by atoms with Crippen molar-refractivity contribution in [2.75, 3.05) is 0 Å². The number of hydrogen-bond donors (Lipinski definition) is 0. The summed E-state index contributed by atoms with van der Waals surface area (Å²) in [5.41, 5.74) is 6.40. The number of rotatable bonds is 13. The third-order valence-electron chi connectivity index (χ3n) is 7.66. The van der Waals surface area contributed by atoms with Gasteiger partial charge >= 0.3 is 276 Å². The Balaban J connectivity index is 1.55.